The zero-order valence-electron chi connectivity index (χ0n) is 25.8. The molecule has 2 heterocycles. The molecule has 0 unspecified atom stereocenters. The minimum absolute atomic E-state index is 0. The van der Waals surface area contributed by atoms with Crippen molar-refractivity contribution in [1.29, 1.82) is 0 Å². The van der Waals surface area contributed by atoms with Gasteiger partial charge in [-0.25, -0.2) is 0 Å². The van der Waals surface area contributed by atoms with E-state index < -0.39 is 0 Å². The monoisotopic (exact) mass is 940 g/mol. The van der Waals surface area contributed by atoms with Gasteiger partial charge >= 0.3 is 22.4 Å². The summed E-state index contributed by atoms with van der Waals surface area (Å²) in [4.78, 5) is 15.2. The van der Waals surface area contributed by atoms with Crippen molar-refractivity contribution >= 4 is 68.0 Å². The van der Waals surface area contributed by atoms with Gasteiger partial charge in [-0.2, -0.15) is 0 Å². The van der Waals surface area contributed by atoms with Crippen LogP contribution in [0.1, 0.15) is 11.1 Å². The summed E-state index contributed by atoms with van der Waals surface area (Å²) in [5.41, 5.74) is 7.73. The predicted octanol–water partition coefficient (Wildman–Crippen LogP) is 10.9. The minimum atomic E-state index is -0.212. The van der Waals surface area contributed by atoms with E-state index in [0.29, 0.717) is 11.7 Å². The number of nitrogens with zero attached hydrogens (tertiary/aromatic N) is 3. The van der Waals surface area contributed by atoms with Gasteiger partial charge in [0.2, 0.25) is 0 Å². The Morgan fingerprint density at radius 1 is 0.574 bits per heavy atom. The number of halogens is 2. The molecule has 0 amide bonds. The predicted molar refractivity (Wildman–Crippen MR) is 207 cm³/mol. The Labute approximate surface area is 310 Å². The second-order valence-electron chi connectivity index (χ2n) is 10.9. The van der Waals surface area contributed by atoms with E-state index in [9.17, 15) is 0 Å². The maximum atomic E-state index is 5.13. The van der Waals surface area contributed by atoms with Crippen molar-refractivity contribution in [2.75, 3.05) is 13.3 Å². The molecule has 0 atom stereocenters. The van der Waals surface area contributed by atoms with Crippen molar-refractivity contribution in [2.24, 2.45) is 9.98 Å². The van der Waals surface area contributed by atoms with Crippen molar-refractivity contribution in [3.8, 4) is 22.4 Å². The minimum Gasteiger partial charge on any atom is -0.434 e. The third kappa shape index (κ3) is 8.19. The summed E-state index contributed by atoms with van der Waals surface area (Å²) in [5.74, 6) is 1.25. The molecule has 6 aromatic rings. The molecule has 7 rings (SSSR count). The Bertz CT molecular complexity index is 2010. The quantitative estimate of drug-likeness (QED) is 0.121. The van der Waals surface area contributed by atoms with Gasteiger partial charge in [-0.1, -0.05) is 140 Å². The number of benzene rings is 5. The Hall–Kier alpha value is -3.41. The van der Waals surface area contributed by atoms with Crippen molar-refractivity contribution in [3.05, 3.63) is 172 Å². The topological polar surface area (TPSA) is 38.8 Å². The molecule has 236 valence electrons. The fourth-order valence-electron chi connectivity index (χ4n) is 5.18. The van der Waals surface area contributed by atoms with Crippen molar-refractivity contribution < 1.29 is 22.4 Å². The number of allylic oxidation sites excluding steroid dienone is 1. The van der Waals surface area contributed by atoms with Gasteiger partial charge in [0.1, 0.15) is 0 Å². The van der Waals surface area contributed by atoms with E-state index in [1.54, 1.807) is 0 Å². The first-order valence-corrected chi connectivity index (χ1v) is 19.1. The summed E-state index contributed by atoms with van der Waals surface area (Å²) in [6.07, 6.45) is 0. The Morgan fingerprint density at radius 3 is 1.51 bits per heavy atom. The van der Waals surface area contributed by atoms with Crippen LogP contribution in [0.4, 0.5) is 5.82 Å². The number of aliphatic imine (C=N–C) groups is 2. The molecule has 7 heteroatoms. The maximum Gasteiger partial charge on any atom is 1.00 e. The summed E-state index contributed by atoms with van der Waals surface area (Å²) >= 11 is 7.71. The van der Waals surface area contributed by atoms with E-state index in [2.05, 4.69) is 124 Å². The fraction of sp³-hybridized carbons (Fsp3) is 0.0500. The van der Waals surface area contributed by atoms with Gasteiger partial charge < -0.3 is 9.98 Å². The van der Waals surface area contributed by atoms with E-state index in [1.165, 1.54) is 5.30 Å². The van der Waals surface area contributed by atoms with Crippen molar-refractivity contribution in [1.82, 2.24) is 4.98 Å². The number of hydrogen-bond donors (Lipinski definition) is 0. The largest absolute Gasteiger partial charge is 1.00 e. The number of rotatable bonds is 6. The van der Waals surface area contributed by atoms with Crippen LogP contribution in [0.2, 0.25) is 0 Å². The normalized spacial score (nSPS) is 13.2. The molecule has 0 saturated carbocycles. The molecule has 0 bridgehead atoms. The zero-order chi connectivity index (χ0) is 31.9. The smallest absolute Gasteiger partial charge is 0.434 e. The van der Waals surface area contributed by atoms with E-state index in [-0.39, 0.29) is 30.3 Å². The molecule has 0 radical (unpaired) electrons. The van der Waals surface area contributed by atoms with Crippen molar-refractivity contribution in [3.63, 3.8) is 0 Å². The molecule has 0 N–H and O–H groups in total. The summed E-state index contributed by atoms with van der Waals surface area (Å²) in [6, 6.07) is 51.5. The summed E-state index contributed by atoms with van der Waals surface area (Å²) < 4.78 is 1.83. The van der Waals surface area contributed by atoms with Gasteiger partial charge in [0.15, 0.2) is 0 Å². The molecule has 0 fully saturated rings. The van der Waals surface area contributed by atoms with Gasteiger partial charge in [0.25, 0.3) is 0 Å². The molecule has 1 aliphatic rings. The van der Waals surface area contributed by atoms with E-state index >= 15 is 0 Å². The molecule has 1 aromatic heterocycles. The summed E-state index contributed by atoms with van der Waals surface area (Å²) in [6.45, 7) is 4.61. The van der Waals surface area contributed by atoms with Crippen LogP contribution in [-0.2, 0) is 22.4 Å². The van der Waals surface area contributed by atoms with E-state index in [1.807, 2.05) is 72.8 Å². The van der Waals surface area contributed by atoms with Crippen LogP contribution in [0, 0.1) is 0 Å². The summed E-state index contributed by atoms with van der Waals surface area (Å²) in [7, 11) is -0.212. The molecule has 0 saturated heterocycles. The Kier molecular flexibility index (Phi) is 12.3. The second kappa shape index (κ2) is 16.6. The maximum absolute atomic E-state index is 5.13. The van der Waals surface area contributed by atoms with Gasteiger partial charge in [0, 0.05) is 23.5 Å². The van der Waals surface area contributed by atoms with Crippen LogP contribution in [-0.4, -0.2) is 24.9 Å². The number of aromatic nitrogens is 1. The average Bonchev–Trinajstić information content (AvgIpc) is 3.62. The van der Waals surface area contributed by atoms with Gasteiger partial charge in [0.05, 0.1) is 34.7 Å². The van der Waals surface area contributed by atoms with Crippen LogP contribution in [0.3, 0.4) is 0 Å². The van der Waals surface area contributed by atoms with Crippen LogP contribution >= 0.6 is 39.8 Å². The van der Waals surface area contributed by atoms with E-state index in [0.717, 1.165) is 53.8 Å². The third-order valence-electron chi connectivity index (χ3n) is 7.52. The number of hydrogen-bond acceptors (Lipinski definition) is 1. The summed E-state index contributed by atoms with van der Waals surface area (Å²) in [5, 5.41) is 1.52. The first-order chi connectivity index (χ1) is 22.5. The van der Waals surface area contributed by atoms with Gasteiger partial charge in [-0.3, -0.25) is 4.99 Å². The van der Waals surface area contributed by atoms with Gasteiger partial charge in [-0.05, 0) is 77.8 Å². The van der Waals surface area contributed by atoms with Crippen LogP contribution in [0.5, 0.6) is 0 Å². The SMILES string of the molecule is BrC1=C(c2ccccc2)/C(=N/c2[n-]c(-c3ccccc3)c(Br)c2-c2ccccc2)N=C1c1ccccc1.C[PH+](C)c1ccccc1.[Au+]. The molecule has 1 aliphatic heterocycles. The van der Waals surface area contributed by atoms with E-state index in [4.69, 9.17) is 15.0 Å². The van der Waals surface area contributed by atoms with Crippen LogP contribution in [0.25, 0.3) is 28.0 Å². The molecule has 0 spiro atoms. The van der Waals surface area contributed by atoms with Crippen LogP contribution < -0.4 is 10.3 Å². The molecular weight excluding hydrogens is 910 g/mol. The average molecular weight is 942 g/mol. The van der Waals surface area contributed by atoms with Crippen LogP contribution in [0.15, 0.2) is 171 Å². The Balaban J connectivity index is 0.000000377. The third-order valence-corrected chi connectivity index (χ3v) is 10.6. The Morgan fingerprint density at radius 2 is 1.02 bits per heavy atom. The molecule has 0 aliphatic carbocycles. The standard InChI is InChI=1S/C32H20Br2N3.C8H11P.Au/c33-27-25(21-13-5-1-6-14-21)31(35-29(27)23-17-9-3-10-18-23)37-32-26(22-15-7-2-8-16-22)28(34)30(36-32)24-19-11-4-12-20-24;1-9(2)8-6-4-3-5-7-8;/h1-20H;3-7H,1-2H3;/q-1;;+1/p+1/b37-31-;;. The first kappa shape index (κ1) is 34.9. The first-order valence-electron chi connectivity index (χ1n) is 15.0. The van der Waals surface area contributed by atoms with Gasteiger partial charge in [-0.15, -0.1) is 0 Å². The fourth-order valence-corrected chi connectivity index (χ4v) is 7.49. The molecule has 47 heavy (non-hydrogen) atoms. The van der Waals surface area contributed by atoms with Crippen molar-refractivity contribution in [2.45, 2.75) is 0 Å². The molecular formula is C40H32AuBr2N3P+. The molecule has 3 nitrogen and oxygen atoms in total. The zero-order valence-corrected chi connectivity index (χ0v) is 32.2. The number of amidine groups is 1. The second-order valence-corrected chi connectivity index (χ2v) is 15.1. The molecule has 5 aromatic carbocycles.